The van der Waals surface area contributed by atoms with Gasteiger partial charge in [-0.25, -0.2) is 9.97 Å². The minimum Gasteiger partial charge on any atom is -0.346 e. The van der Waals surface area contributed by atoms with Crippen LogP contribution >= 0.6 is 0 Å². The van der Waals surface area contributed by atoms with Crippen molar-refractivity contribution < 1.29 is 4.79 Å². The lowest BCUT2D eigenvalue weighted by Gasteiger charge is -2.05. The van der Waals surface area contributed by atoms with Crippen LogP contribution in [0.25, 0.3) is 0 Å². The lowest BCUT2D eigenvalue weighted by molar-refractivity contribution is 0.0949. The molecular formula is C13H14N4O2. The molecule has 98 valence electrons. The average molecular weight is 258 g/mol. The fraction of sp³-hybridized carbons (Fsp3) is 0.231. The second-order valence-corrected chi connectivity index (χ2v) is 4.16. The summed E-state index contributed by atoms with van der Waals surface area (Å²) in [5.41, 5.74) is 1.12. The number of pyridine rings is 1. The summed E-state index contributed by atoms with van der Waals surface area (Å²) in [7, 11) is 0. The highest BCUT2D eigenvalue weighted by atomic mass is 16.2. The van der Waals surface area contributed by atoms with Crippen LogP contribution in [0.2, 0.25) is 0 Å². The number of aromatic nitrogens is 3. The van der Waals surface area contributed by atoms with Crippen molar-refractivity contribution in [3.05, 3.63) is 57.5 Å². The molecule has 2 aromatic heterocycles. The molecule has 2 heterocycles. The van der Waals surface area contributed by atoms with Crippen LogP contribution in [0.1, 0.15) is 27.6 Å². The molecule has 2 rings (SSSR count). The molecule has 6 nitrogen and oxygen atoms in total. The molecule has 0 saturated heterocycles. The van der Waals surface area contributed by atoms with Gasteiger partial charge in [0.25, 0.3) is 11.5 Å². The van der Waals surface area contributed by atoms with E-state index >= 15 is 0 Å². The number of aryl methyl sites for hydroxylation is 2. The number of hydrogen-bond donors (Lipinski definition) is 2. The first kappa shape index (κ1) is 12.9. The second-order valence-electron chi connectivity index (χ2n) is 4.16. The van der Waals surface area contributed by atoms with E-state index in [2.05, 4.69) is 20.3 Å². The van der Waals surface area contributed by atoms with E-state index in [0.717, 1.165) is 0 Å². The summed E-state index contributed by atoms with van der Waals surface area (Å²) in [6.07, 6.45) is 1.63. The number of aromatic amines is 1. The van der Waals surface area contributed by atoms with E-state index < -0.39 is 11.5 Å². The highest BCUT2D eigenvalue weighted by Gasteiger charge is 2.10. The standard InChI is InChI=1S/C13H14N4O2/c1-8-3-4-11(13(19)16-8)12(18)15-7-10-5-6-14-9(2)17-10/h3-6H,7H2,1-2H3,(H,15,18)(H,16,19). The fourth-order valence-corrected chi connectivity index (χ4v) is 1.62. The number of nitrogens with zero attached hydrogens (tertiary/aromatic N) is 2. The number of hydrogen-bond acceptors (Lipinski definition) is 4. The Labute approximate surface area is 109 Å². The highest BCUT2D eigenvalue weighted by molar-refractivity contribution is 5.93. The first-order valence-corrected chi connectivity index (χ1v) is 5.83. The molecule has 2 aromatic rings. The molecule has 0 bridgehead atoms. The molecule has 0 radical (unpaired) electrons. The minimum atomic E-state index is -0.419. The molecule has 6 heteroatoms. The van der Waals surface area contributed by atoms with Gasteiger partial charge in [0.15, 0.2) is 0 Å². The zero-order valence-electron chi connectivity index (χ0n) is 10.7. The summed E-state index contributed by atoms with van der Waals surface area (Å²) >= 11 is 0. The molecule has 0 aromatic carbocycles. The van der Waals surface area contributed by atoms with Gasteiger partial charge >= 0.3 is 0 Å². The van der Waals surface area contributed by atoms with Crippen molar-refractivity contribution in [3.8, 4) is 0 Å². The van der Waals surface area contributed by atoms with Crippen molar-refractivity contribution in [2.75, 3.05) is 0 Å². The van der Waals surface area contributed by atoms with Gasteiger partial charge in [-0.3, -0.25) is 9.59 Å². The Morgan fingerprint density at radius 1 is 1.32 bits per heavy atom. The van der Waals surface area contributed by atoms with Gasteiger partial charge in [-0.05, 0) is 32.0 Å². The van der Waals surface area contributed by atoms with E-state index in [4.69, 9.17) is 0 Å². The maximum Gasteiger partial charge on any atom is 0.260 e. The van der Waals surface area contributed by atoms with Crippen LogP contribution in [0.3, 0.4) is 0 Å². The van der Waals surface area contributed by atoms with E-state index in [0.29, 0.717) is 17.2 Å². The molecule has 0 unspecified atom stereocenters. The number of rotatable bonds is 3. The number of carbonyl (C=O) groups is 1. The van der Waals surface area contributed by atoms with Gasteiger partial charge in [-0.15, -0.1) is 0 Å². The molecule has 0 aliphatic carbocycles. The van der Waals surface area contributed by atoms with Gasteiger partial charge in [0.2, 0.25) is 0 Å². The third kappa shape index (κ3) is 3.25. The van der Waals surface area contributed by atoms with Crippen molar-refractivity contribution in [2.24, 2.45) is 0 Å². The highest BCUT2D eigenvalue weighted by Crippen LogP contribution is 1.97. The molecule has 0 aliphatic heterocycles. The predicted octanol–water partition coefficient (Wildman–Crippen LogP) is 0.712. The van der Waals surface area contributed by atoms with Crippen molar-refractivity contribution in [2.45, 2.75) is 20.4 Å². The Bertz CT molecular complexity index is 664. The van der Waals surface area contributed by atoms with Crippen LogP contribution in [0, 0.1) is 13.8 Å². The molecular weight excluding hydrogens is 244 g/mol. The topological polar surface area (TPSA) is 87.7 Å². The van der Waals surface area contributed by atoms with Gasteiger partial charge in [0.1, 0.15) is 11.4 Å². The van der Waals surface area contributed by atoms with Crippen LogP contribution in [0.4, 0.5) is 0 Å². The van der Waals surface area contributed by atoms with Gasteiger partial charge in [0.05, 0.1) is 12.2 Å². The van der Waals surface area contributed by atoms with Crippen molar-refractivity contribution in [1.29, 1.82) is 0 Å². The maximum atomic E-state index is 11.9. The van der Waals surface area contributed by atoms with E-state index in [-0.39, 0.29) is 12.1 Å². The Morgan fingerprint density at radius 3 is 2.79 bits per heavy atom. The Balaban J connectivity index is 2.07. The van der Waals surface area contributed by atoms with Crippen LogP contribution in [-0.4, -0.2) is 20.9 Å². The largest absolute Gasteiger partial charge is 0.346 e. The van der Waals surface area contributed by atoms with Gasteiger partial charge < -0.3 is 10.3 Å². The summed E-state index contributed by atoms with van der Waals surface area (Å²) in [6, 6.07) is 4.91. The van der Waals surface area contributed by atoms with Crippen LogP contribution in [0.5, 0.6) is 0 Å². The summed E-state index contributed by atoms with van der Waals surface area (Å²) in [4.78, 5) is 34.2. The predicted molar refractivity (Wildman–Crippen MR) is 69.7 cm³/mol. The smallest absolute Gasteiger partial charge is 0.260 e. The molecule has 0 aliphatic rings. The van der Waals surface area contributed by atoms with Gasteiger partial charge in [-0.2, -0.15) is 0 Å². The third-order valence-electron chi connectivity index (χ3n) is 2.56. The molecule has 0 spiro atoms. The fourth-order valence-electron chi connectivity index (χ4n) is 1.62. The van der Waals surface area contributed by atoms with E-state index in [9.17, 15) is 9.59 Å². The average Bonchev–Trinajstić information content (AvgIpc) is 2.36. The number of H-pyrrole nitrogens is 1. The van der Waals surface area contributed by atoms with Crippen LogP contribution in [-0.2, 0) is 6.54 Å². The van der Waals surface area contributed by atoms with Crippen molar-refractivity contribution in [1.82, 2.24) is 20.3 Å². The molecule has 0 atom stereocenters. The zero-order valence-corrected chi connectivity index (χ0v) is 10.7. The number of carbonyl (C=O) groups excluding carboxylic acids is 1. The maximum absolute atomic E-state index is 11.9. The Kier molecular flexibility index (Phi) is 3.70. The SMILES string of the molecule is Cc1nccc(CNC(=O)c2ccc(C)[nH]c2=O)n1. The number of nitrogens with one attached hydrogen (secondary N) is 2. The summed E-state index contributed by atoms with van der Waals surface area (Å²) < 4.78 is 0. The lowest BCUT2D eigenvalue weighted by Crippen LogP contribution is -2.29. The zero-order chi connectivity index (χ0) is 13.8. The Hall–Kier alpha value is -2.50. The van der Waals surface area contributed by atoms with Gasteiger partial charge in [0, 0.05) is 11.9 Å². The Morgan fingerprint density at radius 2 is 2.11 bits per heavy atom. The van der Waals surface area contributed by atoms with E-state index in [1.807, 2.05) is 0 Å². The monoisotopic (exact) mass is 258 g/mol. The van der Waals surface area contributed by atoms with E-state index in [1.54, 1.807) is 32.2 Å². The van der Waals surface area contributed by atoms with Crippen molar-refractivity contribution >= 4 is 5.91 Å². The molecule has 0 saturated carbocycles. The summed E-state index contributed by atoms with van der Waals surface area (Å²) in [6.45, 7) is 3.79. The van der Waals surface area contributed by atoms with Crippen LogP contribution in [0.15, 0.2) is 29.2 Å². The normalized spacial score (nSPS) is 10.2. The number of amides is 1. The molecule has 1 amide bonds. The third-order valence-corrected chi connectivity index (χ3v) is 2.56. The van der Waals surface area contributed by atoms with E-state index in [1.165, 1.54) is 6.07 Å². The van der Waals surface area contributed by atoms with Crippen LogP contribution < -0.4 is 10.9 Å². The first-order valence-electron chi connectivity index (χ1n) is 5.83. The summed E-state index contributed by atoms with van der Waals surface area (Å²) in [5, 5.41) is 2.65. The quantitative estimate of drug-likeness (QED) is 0.848. The molecule has 19 heavy (non-hydrogen) atoms. The molecule has 2 N–H and O–H groups in total. The first-order chi connectivity index (χ1) is 9.06. The minimum absolute atomic E-state index is 0.0939. The van der Waals surface area contributed by atoms with Crippen molar-refractivity contribution in [3.63, 3.8) is 0 Å². The lowest BCUT2D eigenvalue weighted by atomic mass is 10.2. The summed E-state index contributed by atoms with van der Waals surface area (Å²) in [5.74, 6) is 0.220. The molecule has 0 fully saturated rings. The van der Waals surface area contributed by atoms with Gasteiger partial charge in [-0.1, -0.05) is 0 Å². The second kappa shape index (κ2) is 5.43.